The molecule has 0 spiro atoms. The van der Waals surface area contributed by atoms with E-state index in [0.29, 0.717) is 11.8 Å². The van der Waals surface area contributed by atoms with Gasteiger partial charge in [-0.3, -0.25) is 0 Å². The van der Waals surface area contributed by atoms with E-state index in [0.717, 1.165) is 6.42 Å². The van der Waals surface area contributed by atoms with Gasteiger partial charge in [0.15, 0.2) is 0 Å². The van der Waals surface area contributed by atoms with Crippen LogP contribution in [0.3, 0.4) is 0 Å². The van der Waals surface area contributed by atoms with Crippen LogP contribution >= 0.6 is 0 Å². The highest BCUT2D eigenvalue weighted by atomic mass is 14.3. The lowest BCUT2D eigenvalue weighted by Crippen LogP contribution is -2.00. The summed E-state index contributed by atoms with van der Waals surface area (Å²) < 4.78 is 0. The second kappa shape index (κ2) is 3.61. The van der Waals surface area contributed by atoms with Crippen LogP contribution in [0.15, 0.2) is 30.3 Å². The molecule has 0 fully saturated rings. The highest BCUT2D eigenvalue weighted by molar-refractivity contribution is 5.74. The van der Waals surface area contributed by atoms with Gasteiger partial charge in [-0.1, -0.05) is 51.1 Å². The van der Waals surface area contributed by atoms with E-state index in [1.807, 2.05) is 0 Å². The van der Waals surface area contributed by atoms with Crippen molar-refractivity contribution in [2.24, 2.45) is 5.92 Å². The molecule has 74 valence electrons. The van der Waals surface area contributed by atoms with Crippen molar-refractivity contribution in [3.05, 3.63) is 41.5 Å². The lowest BCUT2D eigenvalue weighted by atomic mass is 9.90. The average molecular weight is 186 g/mol. The number of rotatable bonds is 2. The Morgan fingerprint density at radius 3 is 2.57 bits per heavy atom. The van der Waals surface area contributed by atoms with Gasteiger partial charge in [-0.05, 0) is 29.0 Å². The molecule has 1 atom stereocenters. The number of hydrogen-bond acceptors (Lipinski definition) is 0. The van der Waals surface area contributed by atoms with Gasteiger partial charge in [0, 0.05) is 5.92 Å². The van der Waals surface area contributed by atoms with Gasteiger partial charge in [-0.25, -0.2) is 0 Å². The molecule has 1 unspecified atom stereocenters. The minimum absolute atomic E-state index is 0.640. The van der Waals surface area contributed by atoms with Crippen LogP contribution in [0, 0.1) is 5.92 Å². The van der Waals surface area contributed by atoms with E-state index in [1.165, 1.54) is 16.7 Å². The molecule has 0 radical (unpaired) electrons. The molecule has 0 heterocycles. The second-order valence-corrected chi connectivity index (χ2v) is 4.40. The van der Waals surface area contributed by atoms with Gasteiger partial charge < -0.3 is 0 Å². The molecule has 0 N–H and O–H groups in total. The molecule has 0 aromatic heterocycles. The van der Waals surface area contributed by atoms with E-state index in [2.05, 4.69) is 51.1 Å². The zero-order valence-corrected chi connectivity index (χ0v) is 9.25. The van der Waals surface area contributed by atoms with Gasteiger partial charge in [0.05, 0.1) is 0 Å². The SMILES string of the molecule is CCC1=CC(C(C)C)c2ccccc21. The second-order valence-electron chi connectivity index (χ2n) is 4.40. The van der Waals surface area contributed by atoms with Crippen molar-refractivity contribution < 1.29 is 0 Å². The van der Waals surface area contributed by atoms with Crippen molar-refractivity contribution in [2.45, 2.75) is 33.1 Å². The van der Waals surface area contributed by atoms with Crippen molar-refractivity contribution in [3.63, 3.8) is 0 Å². The fourth-order valence-electron chi connectivity index (χ4n) is 2.34. The Hall–Kier alpha value is -1.04. The standard InChI is InChI=1S/C14H18/c1-4-11-9-14(10(2)3)13-8-6-5-7-12(11)13/h5-10,14H,4H2,1-3H3. The van der Waals surface area contributed by atoms with E-state index in [9.17, 15) is 0 Å². The minimum Gasteiger partial charge on any atom is -0.0729 e. The maximum Gasteiger partial charge on any atom is 0.00530 e. The van der Waals surface area contributed by atoms with Crippen molar-refractivity contribution in [3.8, 4) is 0 Å². The molecule has 0 amide bonds. The Bertz CT molecular complexity index is 358. The van der Waals surface area contributed by atoms with Crippen LogP contribution in [0.2, 0.25) is 0 Å². The summed E-state index contributed by atoms with van der Waals surface area (Å²) >= 11 is 0. The quantitative estimate of drug-likeness (QED) is 0.648. The third-order valence-electron chi connectivity index (χ3n) is 3.15. The minimum atomic E-state index is 0.640. The lowest BCUT2D eigenvalue weighted by molar-refractivity contribution is 0.584. The van der Waals surface area contributed by atoms with E-state index in [-0.39, 0.29) is 0 Å². The summed E-state index contributed by atoms with van der Waals surface area (Å²) in [7, 11) is 0. The topological polar surface area (TPSA) is 0 Å². The summed E-state index contributed by atoms with van der Waals surface area (Å²) in [6.45, 7) is 6.85. The molecular formula is C14H18. The molecule has 2 rings (SSSR count). The molecule has 0 saturated heterocycles. The largest absolute Gasteiger partial charge is 0.0729 e. The van der Waals surface area contributed by atoms with Crippen LogP contribution in [0.25, 0.3) is 5.57 Å². The Morgan fingerprint density at radius 1 is 1.21 bits per heavy atom. The zero-order chi connectivity index (χ0) is 10.1. The lowest BCUT2D eigenvalue weighted by Gasteiger charge is -2.14. The van der Waals surface area contributed by atoms with Gasteiger partial charge in [0.2, 0.25) is 0 Å². The van der Waals surface area contributed by atoms with E-state index in [1.54, 1.807) is 0 Å². The fraction of sp³-hybridized carbons (Fsp3) is 0.429. The molecule has 1 aliphatic rings. The van der Waals surface area contributed by atoms with Crippen LogP contribution in [-0.4, -0.2) is 0 Å². The van der Waals surface area contributed by atoms with Crippen LogP contribution in [-0.2, 0) is 0 Å². The molecule has 1 aromatic carbocycles. The van der Waals surface area contributed by atoms with Crippen LogP contribution in [0.4, 0.5) is 0 Å². The van der Waals surface area contributed by atoms with Crippen molar-refractivity contribution in [1.82, 2.24) is 0 Å². The van der Waals surface area contributed by atoms with Gasteiger partial charge in [0.1, 0.15) is 0 Å². The summed E-state index contributed by atoms with van der Waals surface area (Å²) in [6.07, 6.45) is 3.61. The Kier molecular flexibility index (Phi) is 2.45. The van der Waals surface area contributed by atoms with Gasteiger partial charge in [0.25, 0.3) is 0 Å². The summed E-state index contributed by atoms with van der Waals surface area (Å²) in [5.74, 6) is 1.35. The number of benzene rings is 1. The van der Waals surface area contributed by atoms with Crippen LogP contribution in [0.1, 0.15) is 44.2 Å². The third kappa shape index (κ3) is 1.39. The van der Waals surface area contributed by atoms with Crippen molar-refractivity contribution in [2.75, 3.05) is 0 Å². The summed E-state index contributed by atoms with van der Waals surface area (Å²) in [6, 6.07) is 8.83. The molecule has 0 nitrogen and oxygen atoms in total. The number of fused-ring (bicyclic) bond motifs is 1. The smallest absolute Gasteiger partial charge is 0.00530 e. The molecular weight excluding hydrogens is 168 g/mol. The molecule has 14 heavy (non-hydrogen) atoms. The van der Waals surface area contributed by atoms with E-state index >= 15 is 0 Å². The van der Waals surface area contributed by atoms with Crippen molar-refractivity contribution >= 4 is 5.57 Å². The highest BCUT2D eigenvalue weighted by Crippen LogP contribution is 2.40. The first kappa shape index (κ1) is 9.51. The summed E-state index contributed by atoms with van der Waals surface area (Å²) in [5, 5.41) is 0. The number of allylic oxidation sites excluding steroid dienone is 2. The average Bonchev–Trinajstić information content (AvgIpc) is 2.56. The molecule has 0 aliphatic heterocycles. The Morgan fingerprint density at radius 2 is 1.93 bits per heavy atom. The molecule has 0 bridgehead atoms. The Balaban J connectivity index is 2.47. The first-order valence-electron chi connectivity index (χ1n) is 5.54. The first-order valence-corrected chi connectivity index (χ1v) is 5.54. The summed E-state index contributed by atoms with van der Waals surface area (Å²) in [4.78, 5) is 0. The maximum atomic E-state index is 2.45. The van der Waals surface area contributed by atoms with Gasteiger partial charge in [-0.15, -0.1) is 0 Å². The van der Waals surface area contributed by atoms with E-state index in [4.69, 9.17) is 0 Å². The van der Waals surface area contributed by atoms with E-state index < -0.39 is 0 Å². The molecule has 0 heteroatoms. The van der Waals surface area contributed by atoms with Crippen LogP contribution < -0.4 is 0 Å². The van der Waals surface area contributed by atoms with Gasteiger partial charge >= 0.3 is 0 Å². The molecule has 1 aliphatic carbocycles. The number of hydrogen-bond donors (Lipinski definition) is 0. The molecule has 0 saturated carbocycles. The maximum absolute atomic E-state index is 2.45. The molecule has 1 aromatic rings. The monoisotopic (exact) mass is 186 g/mol. The van der Waals surface area contributed by atoms with Gasteiger partial charge in [-0.2, -0.15) is 0 Å². The predicted molar refractivity (Wildman–Crippen MR) is 62.3 cm³/mol. The predicted octanol–water partition coefficient (Wildman–Crippen LogP) is 4.23. The first-order chi connectivity index (χ1) is 6.74. The van der Waals surface area contributed by atoms with Crippen LogP contribution in [0.5, 0.6) is 0 Å². The normalized spacial score (nSPS) is 19.7. The summed E-state index contributed by atoms with van der Waals surface area (Å²) in [5.41, 5.74) is 4.53. The fourth-order valence-corrected chi connectivity index (χ4v) is 2.34. The Labute approximate surface area is 86.7 Å². The van der Waals surface area contributed by atoms with Crippen molar-refractivity contribution in [1.29, 1.82) is 0 Å². The zero-order valence-electron chi connectivity index (χ0n) is 9.25. The highest BCUT2D eigenvalue weighted by Gasteiger charge is 2.23. The third-order valence-corrected chi connectivity index (χ3v) is 3.15.